The lowest BCUT2D eigenvalue weighted by atomic mass is 10.1. The molecular weight excluding hydrogens is 264 g/mol. The van der Waals surface area contributed by atoms with Crippen molar-refractivity contribution >= 4 is 23.2 Å². The van der Waals surface area contributed by atoms with E-state index < -0.39 is 5.82 Å². The van der Waals surface area contributed by atoms with Crippen molar-refractivity contribution in [3.05, 3.63) is 40.0 Å². The third-order valence-corrected chi connectivity index (χ3v) is 2.93. The summed E-state index contributed by atoms with van der Waals surface area (Å²) in [5.41, 5.74) is 6.79. The third kappa shape index (κ3) is 2.44. The predicted octanol–water partition coefficient (Wildman–Crippen LogP) is 3.54. The van der Waals surface area contributed by atoms with Crippen molar-refractivity contribution in [1.29, 1.82) is 0 Å². The summed E-state index contributed by atoms with van der Waals surface area (Å²) in [6.07, 6.45) is 1.56. The Labute approximate surface area is 108 Å². The molecule has 0 saturated heterocycles. The van der Waals surface area contributed by atoms with E-state index >= 15 is 0 Å². The molecule has 0 saturated carbocycles. The molecule has 0 aliphatic carbocycles. The van der Waals surface area contributed by atoms with Crippen LogP contribution in [0.15, 0.2) is 18.3 Å². The van der Waals surface area contributed by atoms with Crippen LogP contribution < -0.4 is 5.73 Å². The number of rotatable bonds is 2. The van der Waals surface area contributed by atoms with Gasteiger partial charge in [0.15, 0.2) is 0 Å². The first kappa shape index (κ1) is 12.4. The molecule has 3 nitrogen and oxygen atoms in total. The van der Waals surface area contributed by atoms with Crippen LogP contribution in [0.4, 0.5) is 4.39 Å². The van der Waals surface area contributed by atoms with Gasteiger partial charge in [-0.05, 0) is 19.1 Å². The van der Waals surface area contributed by atoms with E-state index in [2.05, 4.69) is 9.97 Å². The van der Waals surface area contributed by atoms with E-state index in [1.54, 1.807) is 13.1 Å². The van der Waals surface area contributed by atoms with Gasteiger partial charge in [0, 0.05) is 5.56 Å². The van der Waals surface area contributed by atoms with Crippen LogP contribution in [0.25, 0.3) is 11.3 Å². The highest BCUT2D eigenvalue weighted by Gasteiger charge is 2.12. The van der Waals surface area contributed by atoms with Crippen LogP contribution in [0.1, 0.15) is 18.8 Å². The number of hydrogen-bond acceptors (Lipinski definition) is 2. The average Bonchev–Trinajstić information content (AvgIpc) is 2.72. The van der Waals surface area contributed by atoms with Gasteiger partial charge in [-0.2, -0.15) is 0 Å². The molecule has 0 fully saturated rings. The van der Waals surface area contributed by atoms with Gasteiger partial charge < -0.3 is 10.7 Å². The molecule has 0 spiro atoms. The van der Waals surface area contributed by atoms with Crippen LogP contribution in [0.3, 0.4) is 0 Å². The van der Waals surface area contributed by atoms with Crippen molar-refractivity contribution in [2.24, 2.45) is 5.73 Å². The van der Waals surface area contributed by atoms with E-state index in [4.69, 9.17) is 28.9 Å². The van der Waals surface area contributed by atoms with Gasteiger partial charge in [0.05, 0.1) is 28.0 Å². The zero-order valence-corrected chi connectivity index (χ0v) is 10.5. The maximum Gasteiger partial charge on any atom is 0.142 e. The van der Waals surface area contributed by atoms with E-state index in [-0.39, 0.29) is 11.1 Å². The quantitative estimate of drug-likeness (QED) is 0.823. The van der Waals surface area contributed by atoms with E-state index in [0.717, 1.165) is 0 Å². The standard InChI is InChI=1S/C11H10Cl2FN3/c1-5(15)11-16-4-10(17-11)6-2-9(14)8(13)3-7(6)12/h2-5H,15H2,1H3,(H,16,17). The number of nitrogens with zero attached hydrogens (tertiary/aromatic N) is 1. The molecule has 0 aliphatic heterocycles. The summed E-state index contributed by atoms with van der Waals surface area (Å²) in [6, 6.07) is 2.41. The molecule has 1 heterocycles. The molecule has 0 bridgehead atoms. The molecule has 0 aliphatic rings. The zero-order chi connectivity index (χ0) is 12.6. The SMILES string of the molecule is CC(N)c1ncc(-c2cc(F)c(Cl)cc2Cl)[nH]1. The first-order chi connectivity index (χ1) is 7.99. The second-order valence-corrected chi connectivity index (χ2v) is 4.53. The summed E-state index contributed by atoms with van der Waals surface area (Å²) in [5.74, 6) is 0.0921. The van der Waals surface area contributed by atoms with Gasteiger partial charge >= 0.3 is 0 Å². The van der Waals surface area contributed by atoms with Crippen LogP contribution in [0.5, 0.6) is 0 Å². The number of imidazole rings is 1. The van der Waals surface area contributed by atoms with E-state index in [1.165, 1.54) is 12.1 Å². The van der Waals surface area contributed by atoms with Crippen LogP contribution >= 0.6 is 23.2 Å². The molecule has 2 aromatic rings. The maximum atomic E-state index is 13.4. The molecule has 1 aromatic carbocycles. The van der Waals surface area contributed by atoms with Crippen LogP contribution in [0.2, 0.25) is 10.0 Å². The summed E-state index contributed by atoms with van der Waals surface area (Å²) in [5, 5.41) is 0.349. The molecule has 1 unspecified atom stereocenters. The lowest BCUT2D eigenvalue weighted by Gasteiger charge is -2.04. The van der Waals surface area contributed by atoms with Crippen LogP contribution in [-0.4, -0.2) is 9.97 Å². The molecule has 90 valence electrons. The molecule has 6 heteroatoms. The summed E-state index contributed by atoms with van der Waals surface area (Å²) in [6.45, 7) is 1.80. The first-order valence-electron chi connectivity index (χ1n) is 4.94. The largest absolute Gasteiger partial charge is 0.341 e. The molecule has 1 atom stereocenters. The predicted molar refractivity (Wildman–Crippen MR) is 66.6 cm³/mol. The maximum absolute atomic E-state index is 13.4. The van der Waals surface area contributed by atoms with Gasteiger partial charge in [-0.1, -0.05) is 23.2 Å². The average molecular weight is 274 g/mol. The first-order valence-corrected chi connectivity index (χ1v) is 5.70. The second kappa shape index (κ2) is 4.64. The summed E-state index contributed by atoms with van der Waals surface area (Å²) >= 11 is 11.6. The zero-order valence-electron chi connectivity index (χ0n) is 8.97. The lowest BCUT2D eigenvalue weighted by molar-refractivity contribution is 0.628. The Morgan fingerprint density at radius 1 is 1.35 bits per heavy atom. The van der Waals surface area contributed by atoms with E-state index in [1.807, 2.05) is 0 Å². The van der Waals surface area contributed by atoms with Gasteiger partial charge in [0.2, 0.25) is 0 Å². The molecule has 3 N–H and O–H groups in total. The van der Waals surface area contributed by atoms with Gasteiger partial charge in [-0.3, -0.25) is 0 Å². The molecule has 0 amide bonds. The molecule has 2 rings (SSSR count). The molecule has 17 heavy (non-hydrogen) atoms. The minimum absolute atomic E-state index is 0.00863. The number of hydrogen-bond donors (Lipinski definition) is 2. The Morgan fingerprint density at radius 2 is 2.06 bits per heavy atom. The van der Waals surface area contributed by atoms with Crippen molar-refractivity contribution in [2.75, 3.05) is 0 Å². The van der Waals surface area contributed by atoms with Crippen LogP contribution in [0, 0.1) is 5.82 Å². The minimum atomic E-state index is -0.525. The van der Waals surface area contributed by atoms with Gasteiger partial charge in [0.25, 0.3) is 0 Å². The summed E-state index contributed by atoms with van der Waals surface area (Å²) in [4.78, 5) is 7.08. The normalized spacial score (nSPS) is 12.8. The second-order valence-electron chi connectivity index (χ2n) is 3.72. The fourth-order valence-corrected chi connectivity index (χ4v) is 1.92. The van der Waals surface area contributed by atoms with Gasteiger partial charge in [-0.15, -0.1) is 0 Å². The number of aromatic nitrogens is 2. The Kier molecular flexibility index (Phi) is 3.38. The monoisotopic (exact) mass is 273 g/mol. The van der Waals surface area contributed by atoms with Crippen molar-refractivity contribution in [3.8, 4) is 11.3 Å². The number of nitrogens with two attached hydrogens (primary N) is 1. The van der Waals surface area contributed by atoms with Crippen molar-refractivity contribution in [2.45, 2.75) is 13.0 Å². The number of benzene rings is 1. The number of aromatic amines is 1. The van der Waals surface area contributed by atoms with Crippen LogP contribution in [-0.2, 0) is 0 Å². The smallest absolute Gasteiger partial charge is 0.142 e. The number of H-pyrrole nitrogens is 1. The van der Waals surface area contributed by atoms with Gasteiger partial charge in [0.1, 0.15) is 11.6 Å². The number of nitrogens with one attached hydrogen (secondary N) is 1. The van der Waals surface area contributed by atoms with Crippen molar-refractivity contribution in [3.63, 3.8) is 0 Å². The summed E-state index contributed by atoms with van der Waals surface area (Å²) < 4.78 is 13.4. The highest BCUT2D eigenvalue weighted by atomic mass is 35.5. The van der Waals surface area contributed by atoms with Crippen molar-refractivity contribution in [1.82, 2.24) is 9.97 Å². The number of halogens is 3. The minimum Gasteiger partial charge on any atom is -0.341 e. The fraction of sp³-hybridized carbons (Fsp3) is 0.182. The Bertz CT molecular complexity index is 552. The van der Waals surface area contributed by atoms with E-state index in [9.17, 15) is 4.39 Å². The Morgan fingerprint density at radius 3 is 2.65 bits per heavy atom. The fourth-order valence-electron chi connectivity index (χ4n) is 1.43. The third-order valence-electron chi connectivity index (χ3n) is 2.33. The highest BCUT2D eigenvalue weighted by molar-refractivity contribution is 6.36. The molecule has 1 aromatic heterocycles. The topological polar surface area (TPSA) is 54.7 Å². The lowest BCUT2D eigenvalue weighted by Crippen LogP contribution is -2.06. The highest BCUT2D eigenvalue weighted by Crippen LogP contribution is 2.31. The van der Waals surface area contributed by atoms with E-state index in [0.29, 0.717) is 22.1 Å². The van der Waals surface area contributed by atoms with Gasteiger partial charge in [-0.25, -0.2) is 9.37 Å². The Hall–Kier alpha value is -1.10. The molecule has 0 radical (unpaired) electrons. The summed E-state index contributed by atoms with van der Waals surface area (Å²) in [7, 11) is 0. The molecular formula is C11H10Cl2FN3. The Balaban J connectivity index is 2.49. The van der Waals surface area contributed by atoms with Crippen molar-refractivity contribution < 1.29 is 4.39 Å².